The molecule has 110 valence electrons. The summed E-state index contributed by atoms with van der Waals surface area (Å²) < 4.78 is 33.3. The van der Waals surface area contributed by atoms with Crippen molar-refractivity contribution in [3.8, 4) is 0 Å². The minimum atomic E-state index is -3.84. The van der Waals surface area contributed by atoms with Gasteiger partial charge in [-0.05, 0) is 25.7 Å². The first kappa shape index (κ1) is 20.3. The molecule has 0 atom stereocenters. The van der Waals surface area contributed by atoms with Gasteiger partial charge in [-0.3, -0.25) is 4.55 Å². The number of ether oxygens (including phenoxy) is 1. The second kappa shape index (κ2) is 13.4. The number of nitrogens with two attached hydrogens (primary N) is 1. The van der Waals surface area contributed by atoms with Crippen LogP contribution in [0.1, 0.15) is 12.8 Å². The molecule has 0 aliphatic rings. The third kappa shape index (κ3) is 19.5. The number of thiocarbonyl (C=S) groups is 1. The van der Waals surface area contributed by atoms with Crippen LogP contribution in [0, 0.1) is 0 Å². The molecule has 0 radical (unpaired) electrons. The standard InChI is InChI=1S/C6H6.C5H10O4S2.CH5N/c1-2-4-6-5-3-1;1-9-5(10)3-2-4-11(6,7)8;1-2/h1-6H;2-4H2,1H3,(H,6,7,8);2H2,1H3. The number of benzene rings is 1. The molecule has 0 aliphatic heterocycles. The van der Waals surface area contributed by atoms with Crippen LogP contribution in [0.2, 0.25) is 0 Å². The average Bonchev–Trinajstić information content (AvgIpc) is 2.42. The van der Waals surface area contributed by atoms with E-state index in [-0.39, 0.29) is 5.75 Å². The van der Waals surface area contributed by atoms with Crippen molar-refractivity contribution in [2.45, 2.75) is 12.8 Å². The SMILES string of the molecule is CN.COC(=S)CCCS(=O)(=O)O.c1ccccc1. The molecule has 0 heterocycles. The lowest BCUT2D eigenvalue weighted by molar-refractivity contribution is 0.401. The Morgan fingerprint density at radius 3 is 1.79 bits per heavy atom. The summed E-state index contributed by atoms with van der Waals surface area (Å²) in [5.74, 6) is -0.267. The minimum absolute atomic E-state index is 0.267. The van der Waals surface area contributed by atoms with E-state index >= 15 is 0 Å². The van der Waals surface area contributed by atoms with Crippen LogP contribution in [0.15, 0.2) is 36.4 Å². The molecule has 0 aromatic heterocycles. The lowest BCUT2D eigenvalue weighted by Gasteiger charge is -1.99. The molecule has 3 N–H and O–H groups in total. The minimum Gasteiger partial charge on any atom is -0.490 e. The zero-order valence-electron chi connectivity index (χ0n) is 11.2. The van der Waals surface area contributed by atoms with E-state index in [1.54, 1.807) is 0 Å². The summed E-state index contributed by atoms with van der Waals surface area (Å²) in [5, 5.41) is 0.355. The molecular formula is C12H21NO4S2. The van der Waals surface area contributed by atoms with Gasteiger partial charge in [0.05, 0.1) is 12.9 Å². The lowest BCUT2D eigenvalue weighted by atomic mass is 10.4. The molecule has 19 heavy (non-hydrogen) atoms. The van der Waals surface area contributed by atoms with E-state index in [0.29, 0.717) is 17.9 Å². The molecule has 0 spiro atoms. The van der Waals surface area contributed by atoms with Crippen molar-refractivity contribution >= 4 is 27.4 Å². The first-order valence-corrected chi connectivity index (χ1v) is 7.57. The van der Waals surface area contributed by atoms with Crippen LogP contribution in [0.5, 0.6) is 0 Å². The first-order valence-electron chi connectivity index (χ1n) is 5.55. The van der Waals surface area contributed by atoms with E-state index in [1.807, 2.05) is 36.4 Å². The van der Waals surface area contributed by atoms with Gasteiger partial charge in [0.2, 0.25) is 0 Å². The maximum Gasteiger partial charge on any atom is 0.264 e. The molecule has 0 bridgehead atoms. The lowest BCUT2D eigenvalue weighted by Crippen LogP contribution is -2.06. The van der Waals surface area contributed by atoms with Crippen LogP contribution in [0.25, 0.3) is 0 Å². The predicted octanol–water partition coefficient (Wildman–Crippen LogP) is 1.89. The van der Waals surface area contributed by atoms with Crippen LogP contribution in [0.4, 0.5) is 0 Å². The summed E-state index contributed by atoms with van der Waals surface area (Å²) in [5.41, 5.74) is 4.50. The summed E-state index contributed by atoms with van der Waals surface area (Å²) in [4.78, 5) is 0. The summed E-state index contributed by atoms with van der Waals surface area (Å²) in [6.45, 7) is 0. The van der Waals surface area contributed by atoms with E-state index in [2.05, 4.69) is 22.7 Å². The maximum atomic E-state index is 10.2. The van der Waals surface area contributed by atoms with Gasteiger partial charge in [0, 0.05) is 6.42 Å². The second-order valence-corrected chi connectivity index (χ2v) is 5.15. The highest BCUT2D eigenvalue weighted by atomic mass is 32.2. The second-order valence-electron chi connectivity index (χ2n) is 3.12. The third-order valence-electron chi connectivity index (χ3n) is 1.68. The maximum absolute atomic E-state index is 10.2. The van der Waals surface area contributed by atoms with Crippen molar-refractivity contribution < 1.29 is 17.7 Å². The topological polar surface area (TPSA) is 89.6 Å². The summed E-state index contributed by atoms with van der Waals surface area (Å²) in [6.07, 6.45) is 0.678. The number of hydrogen-bond acceptors (Lipinski definition) is 5. The van der Waals surface area contributed by atoms with Gasteiger partial charge in [-0.1, -0.05) is 36.4 Å². The Bertz CT molecular complexity index is 380. The number of methoxy groups -OCH3 is 1. The molecule has 0 unspecified atom stereocenters. The molecule has 1 aromatic rings. The first-order chi connectivity index (χ1) is 8.95. The van der Waals surface area contributed by atoms with Gasteiger partial charge in [-0.15, -0.1) is 0 Å². The van der Waals surface area contributed by atoms with E-state index in [1.165, 1.54) is 14.2 Å². The van der Waals surface area contributed by atoms with Gasteiger partial charge in [-0.25, -0.2) is 0 Å². The third-order valence-corrected chi connectivity index (χ3v) is 2.85. The molecule has 7 heteroatoms. The molecular weight excluding hydrogens is 286 g/mol. The van der Waals surface area contributed by atoms with Gasteiger partial charge in [-0.2, -0.15) is 8.42 Å². The molecule has 0 aliphatic carbocycles. The summed E-state index contributed by atoms with van der Waals surface area (Å²) in [6, 6.07) is 12.0. The highest BCUT2D eigenvalue weighted by Gasteiger charge is 2.04. The van der Waals surface area contributed by atoms with Gasteiger partial charge >= 0.3 is 0 Å². The smallest absolute Gasteiger partial charge is 0.264 e. The van der Waals surface area contributed by atoms with Crippen molar-refractivity contribution in [1.82, 2.24) is 0 Å². The highest BCUT2D eigenvalue weighted by Crippen LogP contribution is 1.97. The molecule has 1 aromatic carbocycles. The fourth-order valence-corrected chi connectivity index (χ4v) is 1.54. The van der Waals surface area contributed by atoms with Crippen LogP contribution in [-0.2, 0) is 14.9 Å². The average molecular weight is 307 g/mol. The van der Waals surface area contributed by atoms with Crippen molar-refractivity contribution in [1.29, 1.82) is 0 Å². The Kier molecular flexibility index (Phi) is 14.3. The summed E-state index contributed by atoms with van der Waals surface area (Å²) in [7, 11) is -0.917. The van der Waals surface area contributed by atoms with Crippen molar-refractivity contribution in [2.75, 3.05) is 19.9 Å². The van der Waals surface area contributed by atoms with Crippen molar-refractivity contribution in [2.24, 2.45) is 5.73 Å². The molecule has 0 amide bonds. The molecule has 0 fully saturated rings. The van der Waals surface area contributed by atoms with Crippen LogP contribution >= 0.6 is 12.2 Å². The van der Waals surface area contributed by atoms with Crippen LogP contribution < -0.4 is 5.73 Å². The predicted molar refractivity (Wildman–Crippen MR) is 81.8 cm³/mol. The summed E-state index contributed by atoms with van der Waals surface area (Å²) >= 11 is 4.64. The van der Waals surface area contributed by atoms with E-state index in [4.69, 9.17) is 4.55 Å². The van der Waals surface area contributed by atoms with Gasteiger partial charge < -0.3 is 10.5 Å². The molecule has 0 saturated heterocycles. The van der Waals surface area contributed by atoms with Gasteiger partial charge in [0.15, 0.2) is 5.05 Å². The van der Waals surface area contributed by atoms with E-state index < -0.39 is 10.1 Å². The van der Waals surface area contributed by atoms with Crippen molar-refractivity contribution in [3.63, 3.8) is 0 Å². The number of hydrogen-bond donors (Lipinski definition) is 2. The highest BCUT2D eigenvalue weighted by molar-refractivity contribution is 7.85. The largest absolute Gasteiger partial charge is 0.490 e. The molecule has 5 nitrogen and oxygen atoms in total. The monoisotopic (exact) mass is 307 g/mol. The zero-order chi connectivity index (χ0) is 15.1. The Morgan fingerprint density at radius 2 is 1.53 bits per heavy atom. The Labute approximate surface area is 120 Å². The van der Waals surface area contributed by atoms with Gasteiger partial charge in [0.25, 0.3) is 10.1 Å². The number of rotatable bonds is 4. The van der Waals surface area contributed by atoms with Crippen LogP contribution in [-0.4, -0.2) is 37.9 Å². The zero-order valence-corrected chi connectivity index (χ0v) is 12.8. The molecule has 0 saturated carbocycles. The Balaban J connectivity index is 0. The quantitative estimate of drug-likeness (QED) is 0.652. The molecule has 1 rings (SSSR count). The normalized spacial score (nSPS) is 9.26. The fraction of sp³-hybridized carbons (Fsp3) is 0.417. The van der Waals surface area contributed by atoms with E-state index in [0.717, 1.165) is 0 Å². The Hall–Kier alpha value is -1.02. The Morgan fingerprint density at radius 1 is 1.16 bits per heavy atom. The fourth-order valence-electron chi connectivity index (χ4n) is 0.886. The van der Waals surface area contributed by atoms with Crippen molar-refractivity contribution in [3.05, 3.63) is 36.4 Å². The van der Waals surface area contributed by atoms with E-state index in [9.17, 15) is 8.42 Å². The van der Waals surface area contributed by atoms with Gasteiger partial charge in [0.1, 0.15) is 0 Å². The van der Waals surface area contributed by atoms with Crippen LogP contribution in [0.3, 0.4) is 0 Å².